The van der Waals surface area contributed by atoms with E-state index in [1.165, 1.54) is 77.0 Å². The van der Waals surface area contributed by atoms with E-state index in [9.17, 15) is 5.26 Å². The lowest BCUT2D eigenvalue weighted by Crippen LogP contribution is -2.40. The first-order chi connectivity index (χ1) is 9.74. The summed E-state index contributed by atoms with van der Waals surface area (Å²) in [5.41, 5.74) is 0.0688. The number of nitriles is 1. The molecular formula is C19H33N. The van der Waals surface area contributed by atoms with E-state index in [0.29, 0.717) is 0 Å². The molecule has 1 heteroatoms. The molecule has 20 heavy (non-hydrogen) atoms. The quantitative estimate of drug-likeness (QED) is 0.538. The minimum atomic E-state index is 0.0688. The van der Waals surface area contributed by atoms with E-state index >= 15 is 0 Å². The van der Waals surface area contributed by atoms with Crippen molar-refractivity contribution in [1.82, 2.24) is 0 Å². The molecule has 4 atom stereocenters. The van der Waals surface area contributed by atoms with Crippen molar-refractivity contribution in [2.45, 2.75) is 90.9 Å². The average molecular weight is 275 g/mol. The van der Waals surface area contributed by atoms with Gasteiger partial charge in [0.2, 0.25) is 0 Å². The second-order valence-electron chi connectivity index (χ2n) is 7.54. The summed E-state index contributed by atoms with van der Waals surface area (Å²) in [6, 6.07) is 2.80. The molecule has 0 N–H and O–H groups in total. The Kier molecular flexibility index (Phi) is 5.94. The van der Waals surface area contributed by atoms with Crippen molar-refractivity contribution in [3.63, 3.8) is 0 Å². The SMILES string of the molecule is CCCCCC1CCC2(C#N)CC(CCC)CCC2C1. The molecule has 0 spiro atoms. The van der Waals surface area contributed by atoms with Gasteiger partial charge in [-0.05, 0) is 49.9 Å². The van der Waals surface area contributed by atoms with Crippen LogP contribution < -0.4 is 0 Å². The molecule has 0 amide bonds. The molecule has 0 aliphatic heterocycles. The maximum Gasteiger partial charge on any atom is 0.0692 e. The third-order valence-electron chi connectivity index (χ3n) is 6.11. The first-order valence-corrected chi connectivity index (χ1v) is 9.15. The molecule has 2 aliphatic carbocycles. The third kappa shape index (κ3) is 3.57. The van der Waals surface area contributed by atoms with Crippen molar-refractivity contribution < 1.29 is 0 Å². The number of hydrogen-bond donors (Lipinski definition) is 0. The standard InChI is InChI=1S/C19H33N/c1-3-5-6-8-16-11-12-19(15-20)14-17(7-4-2)9-10-18(19)13-16/h16-18H,3-14H2,1-2H3. The van der Waals surface area contributed by atoms with Crippen molar-refractivity contribution in [3.8, 4) is 6.07 Å². The van der Waals surface area contributed by atoms with Gasteiger partial charge in [0.1, 0.15) is 0 Å². The lowest BCUT2D eigenvalue weighted by Gasteiger charge is -2.48. The number of nitrogens with zero attached hydrogens (tertiary/aromatic N) is 1. The van der Waals surface area contributed by atoms with Crippen molar-refractivity contribution in [2.75, 3.05) is 0 Å². The van der Waals surface area contributed by atoms with Gasteiger partial charge in [0.05, 0.1) is 11.5 Å². The Morgan fingerprint density at radius 1 is 1.00 bits per heavy atom. The highest BCUT2D eigenvalue weighted by molar-refractivity contribution is 5.08. The summed E-state index contributed by atoms with van der Waals surface area (Å²) in [6.45, 7) is 4.58. The highest BCUT2D eigenvalue weighted by atomic mass is 14.5. The molecule has 0 aromatic carbocycles. The Bertz CT molecular complexity index is 329. The van der Waals surface area contributed by atoms with Crippen LogP contribution in [0.1, 0.15) is 90.9 Å². The fourth-order valence-electron chi connectivity index (χ4n) is 4.92. The zero-order chi connectivity index (χ0) is 14.4. The molecule has 0 aromatic heterocycles. The smallest absolute Gasteiger partial charge is 0.0692 e. The van der Waals surface area contributed by atoms with Crippen LogP contribution in [0, 0.1) is 34.5 Å². The molecule has 0 saturated heterocycles. The lowest BCUT2D eigenvalue weighted by molar-refractivity contribution is 0.0371. The Hall–Kier alpha value is -0.510. The largest absolute Gasteiger partial charge is 0.198 e. The van der Waals surface area contributed by atoms with Crippen LogP contribution in [0.15, 0.2) is 0 Å². The minimum absolute atomic E-state index is 0.0688. The van der Waals surface area contributed by atoms with Gasteiger partial charge in [-0.15, -0.1) is 0 Å². The minimum Gasteiger partial charge on any atom is -0.198 e. The molecule has 4 unspecified atom stereocenters. The zero-order valence-electron chi connectivity index (χ0n) is 13.7. The number of fused-ring (bicyclic) bond motifs is 1. The van der Waals surface area contributed by atoms with Gasteiger partial charge in [0.15, 0.2) is 0 Å². The Labute approximate surface area is 126 Å². The number of unbranched alkanes of at least 4 members (excludes halogenated alkanes) is 2. The third-order valence-corrected chi connectivity index (χ3v) is 6.11. The fraction of sp³-hybridized carbons (Fsp3) is 0.947. The molecule has 0 radical (unpaired) electrons. The van der Waals surface area contributed by atoms with Crippen molar-refractivity contribution in [3.05, 3.63) is 0 Å². The van der Waals surface area contributed by atoms with E-state index in [1.54, 1.807) is 0 Å². The highest BCUT2D eigenvalue weighted by Gasteiger charge is 2.47. The van der Waals surface area contributed by atoms with Gasteiger partial charge in [-0.25, -0.2) is 0 Å². The van der Waals surface area contributed by atoms with E-state index in [4.69, 9.17) is 0 Å². The van der Waals surface area contributed by atoms with E-state index in [1.807, 2.05) is 0 Å². The molecule has 2 fully saturated rings. The van der Waals surface area contributed by atoms with Crippen LogP contribution in [0.2, 0.25) is 0 Å². The first kappa shape index (κ1) is 15.9. The van der Waals surface area contributed by atoms with Gasteiger partial charge in [-0.1, -0.05) is 58.8 Å². The second kappa shape index (κ2) is 7.48. The summed E-state index contributed by atoms with van der Waals surface area (Å²) < 4.78 is 0. The van der Waals surface area contributed by atoms with E-state index in [-0.39, 0.29) is 5.41 Å². The van der Waals surface area contributed by atoms with Gasteiger partial charge in [0.25, 0.3) is 0 Å². The van der Waals surface area contributed by atoms with Crippen LogP contribution >= 0.6 is 0 Å². The Morgan fingerprint density at radius 3 is 2.55 bits per heavy atom. The first-order valence-electron chi connectivity index (χ1n) is 9.15. The summed E-state index contributed by atoms with van der Waals surface area (Å²) in [7, 11) is 0. The van der Waals surface area contributed by atoms with E-state index in [2.05, 4.69) is 19.9 Å². The monoisotopic (exact) mass is 275 g/mol. The molecule has 114 valence electrons. The fourth-order valence-corrected chi connectivity index (χ4v) is 4.92. The number of hydrogen-bond acceptors (Lipinski definition) is 1. The van der Waals surface area contributed by atoms with Crippen LogP contribution in [-0.4, -0.2) is 0 Å². The van der Waals surface area contributed by atoms with E-state index < -0.39 is 0 Å². The molecule has 2 saturated carbocycles. The summed E-state index contributed by atoms with van der Waals surface area (Å²) >= 11 is 0. The molecule has 0 aromatic rings. The number of rotatable bonds is 6. The highest BCUT2D eigenvalue weighted by Crippen LogP contribution is 2.54. The molecular weight excluding hydrogens is 242 g/mol. The Balaban J connectivity index is 1.91. The van der Waals surface area contributed by atoms with Crippen LogP contribution in [0.25, 0.3) is 0 Å². The summed E-state index contributed by atoms with van der Waals surface area (Å²) in [5, 5.41) is 9.81. The molecule has 0 heterocycles. The van der Waals surface area contributed by atoms with Crippen molar-refractivity contribution in [2.24, 2.45) is 23.2 Å². The van der Waals surface area contributed by atoms with Gasteiger partial charge in [0, 0.05) is 0 Å². The van der Waals surface area contributed by atoms with Crippen LogP contribution in [0.3, 0.4) is 0 Å². The molecule has 2 rings (SSSR count). The average Bonchev–Trinajstić information content (AvgIpc) is 2.48. The van der Waals surface area contributed by atoms with Crippen molar-refractivity contribution >= 4 is 0 Å². The van der Waals surface area contributed by atoms with Crippen LogP contribution in [-0.2, 0) is 0 Å². The molecule has 2 aliphatic rings. The lowest BCUT2D eigenvalue weighted by atomic mass is 9.55. The summed E-state index contributed by atoms with van der Waals surface area (Å²) in [6.07, 6.45) is 16.0. The summed E-state index contributed by atoms with van der Waals surface area (Å²) in [4.78, 5) is 0. The zero-order valence-corrected chi connectivity index (χ0v) is 13.7. The van der Waals surface area contributed by atoms with Gasteiger partial charge in [-0.2, -0.15) is 5.26 Å². The van der Waals surface area contributed by atoms with Gasteiger partial charge < -0.3 is 0 Å². The summed E-state index contributed by atoms with van der Waals surface area (Å²) in [5.74, 6) is 2.49. The van der Waals surface area contributed by atoms with Crippen LogP contribution in [0.4, 0.5) is 0 Å². The molecule has 0 bridgehead atoms. The predicted molar refractivity (Wildman–Crippen MR) is 85.3 cm³/mol. The Morgan fingerprint density at radius 2 is 1.85 bits per heavy atom. The maximum absolute atomic E-state index is 9.81. The normalized spacial score (nSPS) is 37.1. The topological polar surface area (TPSA) is 23.8 Å². The van der Waals surface area contributed by atoms with Gasteiger partial charge in [-0.3, -0.25) is 0 Å². The van der Waals surface area contributed by atoms with Crippen molar-refractivity contribution in [1.29, 1.82) is 5.26 Å². The predicted octanol–water partition coefficient (Wildman–Crippen LogP) is 6.09. The molecule has 1 nitrogen and oxygen atoms in total. The van der Waals surface area contributed by atoms with Crippen LogP contribution in [0.5, 0.6) is 0 Å². The van der Waals surface area contributed by atoms with Gasteiger partial charge >= 0.3 is 0 Å². The van der Waals surface area contributed by atoms with E-state index in [0.717, 1.165) is 17.8 Å². The second-order valence-corrected chi connectivity index (χ2v) is 7.54. The maximum atomic E-state index is 9.81.